The van der Waals surface area contributed by atoms with E-state index in [2.05, 4.69) is 10.5 Å². The number of aryl methyl sites for hydroxylation is 2. The quantitative estimate of drug-likeness (QED) is 0.815. The summed E-state index contributed by atoms with van der Waals surface area (Å²) in [5.41, 5.74) is 1.09. The van der Waals surface area contributed by atoms with Crippen LogP contribution in [0, 0.1) is 13.8 Å². The van der Waals surface area contributed by atoms with E-state index in [0.29, 0.717) is 43.5 Å². The fourth-order valence-electron chi connectivity index (χ4n) is 3.14. The van der Waals surface area contributed by atoms with Crippen LogP contribution in [0.3, 0.4) is 0 Å². The van der Waals surface area contributed by atoms with Crippen LogP contribution in [0.25, 0.3) is 0 Å². The third-order valence-electron chi connectivity index (χ3n) is 4.60. The summed E-state index contributed by atoms with van der Waals surface area (Å²) < 4.78 is 10.7. The van der Waals surface area contributed by atoms with Crippen LogP contribution >= 0.6 is 0 Å². The van der Waals surface area contributed by atoms with Gasteiger partial charge in [-0.05, 0) is 38.5 Å². The average Bonchev–Trinajstić information content (AvgIpc) is 3.06. The molecule has 1 fully saturated rings. The fourth-order valence-corrected chi connectivity index (χ4v) is 3.14. The standard InChI is InChI=1S/C20H26N4O4/c1-14-5-4-6-17(11-14)27-16(3)20(26)24-9-7-23(8-10-24)13-19(25)21-18-12-15(2)28-22-18/h4-6,11-12,16H,7-10,13H2,1-3H3,(H,21,22,25). The SMILES string of the molecule is Cc1cccc(OC(C)C(=O)N2CCN(CC(=O)Nc3cc(C)on3)CC2)c1. The maximum absolute atomic E-state index is 12.6. The summed E-state index contributed by atoms with van der Waals surface area (Å²) in [6, 6.07) is 9.33. The minimum atomic E-state index is -0.549. The number of nitrogens with zero attached hydrogens (tertiary/aromatic N) is 3. The number of ether oxygens (including phenoxy) is 1. The van der Waals surface area contributed by atoms with Gasteiger partial charge in [-0.1, -0.05) is 17.3 Å². The maximum atomic E-state index is 12.6. The van der Waals surface area contributed by atoms with E-state index in [9.17, 15) is 9.59 Å². The number of hydrogen-bond acceptors (Lipinski definition) is 6. The number of rotatable bonds is 6. The van der Waals surface area contributed by atoms with Gasteiger partial charge in [-0.15, -0.1) is 0 Å². The number of hydrogen-bond donors (Lipinski definition) is 1. The average molecular weight is 386 g/mol. The first kappa shape index (κ1) is 19.9. The highest BCUT2D eigenvalue weighted by Gasteiger charge is 2.27. The van der Waals surface area contributed by atoms with Crippen LogP contribution in [-0.2, 0) is 9.59 Å². The molecule has 8 nitrogen and oxygen atoms in total. The first-order valence-electron chi connectivity index (χ1n) is 9.38. The lowest BCUT2D eigenvalue weighted by atomic mass is 10.2. The summed E-state index contributed by atoms with van der Waals surface area (Å²) in [4.78, 5) is 28.6. The Labute approximate surface area is 164 Å². The van der Waals surface area contributed by atoms with Gasteiger partial charge in [-0.2, -0.15) is 0 Å². The van der Waals surface area contributed by atoms with E-state index >= 15 is 0 Å². The van der Waals surface area contributed by atoms with Gasteiger partial charge < -0.3 is 19.5 Å². The van der Waals surface area contributed by atoms with Crippen molar-refractivity contribution in [3.05, 3.63) is 41.7 Å². The second-order valence-electron chi connectivity index (χ2n) is 7.05. The number of carbonyl (C=O) groups is 2. The van der Waals surface area contributed by atoms with Crippen LogP contribution in [0.5, 0.6) is 5.75 Å². The Balaban J connectivity index is 1.43. The Hall–Kier alpha value is -2.87. The maximum Gasteiger partial charge on any atom is 0.263 e. The van der Waals surface area contributed by atoms with Gasteiger partial charge in [-0.3, -0.25) is 14.5 Å². The number of amides is 2. The molecule has 0 spiro atoms. The predicted molar refractivity (Wildman–Crippen MR) is 104 cm³/mol. The van der Waals surface area contributed by atoms with Gasteiger partial charge in [0, 0.05) is 32.2 Å². The lowest BCUT2D eigenvalue weighted by molar-refractivity contribution is -0.139. The molecule has 2 heterocycles. The highest BCUT2D eigenvalue weighted by atomic mass is 16.5. The van der Waals surface area contributed by atoms with Gasteiger partial charge in [0.2, 0.25) is 5.91 Å². The second-order valence-corrected chi connectivity index (χ2v) is 7.05. The molecule has 1 aliphatic rings. The van der Waals surface area contributed by atoms with Crippen LogP contribution in [-0.4, -0.2) is 65.6 Å². The lowest BCUT2D eigenvalue weighted by Gasteiger charge is -2.35. The van der Waals surface area contributed by atoms with Gasteiger partial charge in [-0.25, -0.2) is 0 Å². The van der Waals surface area contributed by atoms with Crippen LogP contribution in [0.15, 0.2) is 34.9 Å². The Morgan fingerprint density at radius 2 is 1.96 bits per heavy atom. The zero-order valence-electron chi connectivity index (χ0n) is 16.5. The Bertz CT molecular complexity index is 827. The lowest BCUT2D eigenvalue weighted by Crippen LogP contribution is -2.53. The Morgan fingerprint density at radius 1 is 1.21 bits per heavy atom. The van der Waals surface area contributed by atoms with Gasteiger partial charge in [0.25, 0.3) is 5.91 Å². The number of benzene rings is 1. The zero-order valence-corrected chi connectivity index (χ0v) is 16.5. The normalized spacial score (nSPS) is 15.9. The summed E-state index contributed by atoms with van der Waals surface area (Å²) in [7, 11) is 0. The number of piperazine rings is 1. The topological polar surface area (TPSA) is 87.9 Å². The van der Waals surface area contributed by atoms with E-state index in [1.807, 2.05) is 36.1 Å². The highest BCUT2D eigenvalue weighted by Crippen LogP contribution is 2.16. The molecule has 0 bridgehead atoms. The van der Waals surface area contributed by atoms with Crippen molar-refractivity contribution in [3.8, 4) is 5.75 Å². The molecule has 0 aliphatic carbocycles. The van der Waals surface area contributed by atoms with Crippen LogP contribution in [0.2, 0.25) is 0 Å². The summed E-state index contributed by atoms with van der Waals surface area (Å²) >= 11 is 0. The summed E-state index contributed by atoms with van der Waals surface area (Å²) in [5, 5.41) is 6.46. The van der Waals surface area contributed by atoms with Crippen molar-refractivity contribution in [1.82, 2.24) is 15.0 Å². The van der Waals surface area contributed by atoms with Crippen molar-refractivity contribution < 1.29 is 18.8 Å². The summed E-state index contributed by atoms with van der Waals surface area (Å²) in [6.45, 7) is 8.17. The number of anilines is 1. The van der Waals surface area contributed by atoms with Crippen LogP contribution < -0.4 is 10.1 Å². The Morgan fingerprint density at radius 3 is 2.61 bits per heavy atom. The van der Waals surface area contributed by atoms with Crippen LogP contribution in [0.4, 0.5) is 5.82 Å². The summed E-state index contributed by atoms with van der Waals surface area (Å²) in [6.07, 6.45) is -0.549. The fraction of sp³-hybridized carbons (Fsp3) is 0.450. The number of carbonyl (C=O) groups excluding carboxylic acids is 2. The van der Waals surface area contributed by atoms with Crippen molar-refractivity contribution in [3.63, 3.8) is 0 Å². The van der Waals surface area contributed by atoms with E-state index in [-0.39, 0.29) is 18.4 Å². The van der Waals surface area contributed by atoms with Crippen molar-refractivity contribution in [2.75, 3.05) is 38.0 Å². The third-order valence-corrected chi connectivity index (χ3v) is 4.60. The molecule has 1 N–H and O–H groups in total. The molecule has 2 amide bonds. The third kappa shape index (κ3) is 5.32. The monoisotopic (exact) mass is 386 g/mol. The first-order valence-corrected chi connectivity index (χ1v) is 9.38. The molecule has 1 aromatic heterocycles. The van der Waals surface area contributed by atoms with Gasteiger partial charge in [0.1, 0.15) is 11.5 Å². The molecule has 1 atom stereocenters. The van der Waals surface area contributed by atoms with E-state index in [1.165, 1.54) is 0 Å². The van der Waals surface area contributed by atoms with Crippen LogP contribution in [0.1, 0.15) is 18.2 Å². The Kier molecular flexibility index (Phi) is 6.30. The van der Waals surface area contributed by atoms with Gasteiger partial charge >= 0.3 is 0 Å². The molecule has 0 saturated carbocycles. The molecule has 8 heteroatoms. The molecule has 1 saturated heterocycles. The largest absolute Gasteiger partial charge is 0.481 e. The minimum absolute atomic E-state index is 0.0383. The molecule has 150 valence electrons. The first-order chi connectivity index (χ1) is 13.4. The zero-order chi connectivity index (χ0) is 20.1. The van der Waals surface area contributed by atoms with E-state index in [0.717, 1.165) is 5.56 Å². The van der Waals surface area contributed by atoms with Gasteiger partial charge in [0.15, 0.2) is 11.9 Å². The summed E-state index contributed by atoms with van der Waals surface area (Å²) in [5.74, 6) is 1.56. The predicted octanol–water partition coefficient (Wildman–Crippen LogP) is 1.84. The molecular formula is C20H26N4O4. The molecule has 1 aromatic carbocycles. The molecule has 0 radical (unpaired) electrons. The van der Waals surface area contributed by atoms with Crippen molar-refractivity contribution in [1.29, 1.82) is 0 Å². The smallest absolute Gasteiger partial charge is 0.263 e. The molecule has 1 unspecified atom stereocenters. The number of aromatic nitrogens is 1. The highest BCUT2D eigenvalue weighted by molar-refractivity contribution is 5.91. The van der Waals surface area contributed by atoms with Crippen molar-refractivity contribution in [2.45, 2.75) is 26.9 Å². The molecule has 1 aliphatic heterocycles. The van der Waals surface area contributed by atoms with E-state index in [4.69, 9.17) is 9.26 Å². The minimum Gasteiger partial charge on any atom is -0.481 e. The van der Waals surface area contributed by atoms with Gasteiger partial charge in [0.05, 0.1) is 6.54 Å². The molecule has 28 heavy (non-hydrogen) atoms. The van der Waals surface area contributed by atoms with Crippen molar-refractivity contribution >= 4 is 17.6 Å². The molecular weight excluding hydrogens is 360 g/mol. The number of nitrogens with one attached hydrogen (secondary N) is 1. The second kappa shape index (κ2) is 8.88. The van der Waals surface area contributed by atoms with E-state index in [1.54, 1.807) is 24.8 Å². The molecule has 3 rings (SSSR count). The molecule has 2 aromatic rings. The van der Waals surface area contributed by atoms with E-state index < -0.39 is 6.10 Å². The van der Waals surface area contributed by atoms with Crippen molar-refractivity contribution in [2.24, 2.45) is 0 Å².